The maximum absolute atomic E-state index is 13.5. The number of benzene rings is 2. The fraction of sp³-hybridized carbons (Fsp3) is 0.344. The number of imidazole rings is 1. The van der Waals surface area contributed by atoms with Gasteiger partial charge in [-0.15, -0.1) is 0 Å². The second-order valence-corrected chi connectivity index (χ2v) is 10.7. The molecule has 6 rings (SSSR count). The normalized spacial score (nSPS) is 16.0. The number of aliphatic carboxylic acids is 2. The Morgan fingerprint density at radius 1 is 0.857 bits per heavy atom. The van der Waals surface area contributed by atoms with Crippen molar-refractivity contribution >= 4 is 45.3 Å². The number of hydrogen-bond acceptors (Lipinski definition) is 5. The van der Waals surface area contributed by atoms with E-state index in [9.17, 15) is 14.4 Å². The molecule has 0 unspecified atom stereocenters. The number of fused-ring (bicyclic) bond motifs is 2. The van der Waals surface area contributed by atoms with E-state index in [1.807, 2.05) is 21.3 Å². The average molecular weight is 572 g/mol. The minimum absolute atomic E-state index is 0.115. The van der Waals surface area contributed by atoms with E-state index in [1.54, 1.807) is 0 Å². The lowest BCUT2D eigenvalue weighted by atomic mass is 10.0. The zero-order chi connectivity index (χ0) is 29.6. The van der Waals surface area contributed by atoms with E-state index in [2.05, 4.69) is 70.1 Å². The number of allylic oxidation sites excluding steroid dienone is 2. The van der Waals surface area contributed by atoms with Gasteiger partial charge in [-0.3, -0.25) is 14.0 Å². The molecular formula is C32H37N5O5. The molecule has 0 amide bonds. The number of aromatic nitrogens is 3. The topological polar surface area (TPSA) is 113 Å². The Hall–Kier alpha value is -4.57. The molecule has 10 nitrogen and oxygen atoms in total. The fourth-order valence-electron chi connectivity index (χ4n) is 5.79. The minimum atomic E-state index is -1.26. The molecule has 0 spiro atoms. The highest BCUT2D eigenvalue weighted by Crippen LogP contribution is 2.26. The van der Waals surface area contributed by atoms with Crippen LogP contribution in [0.1, 0.15) is 25.7 Å². The number of nitrogens with zero attached hydrogens (tertiary/aromatic N) is 5. The summed E-state index contributed by atoms with van der Waals surface area (Å²) in [7, 11) is 2.10. The Balaban J connectivity index is 0.000000390. The summed E-state index contributed by atoms with van der Waals surface area (Å²) in [4.78, 5) is 37.6. The van der Waals surface area contributed by atoms with E-state index in [4.69, 9.17) is 10.2 Å². The van der Waals surface area contributed by atoms with Gasteiger partial charge in [0.1, 0.15) is 0 Å². The maximum Gasteiger partial charge on any atom is 0.333 e. The number of para-hydroxylation sites is 2. The third kappa shape index (κ3) is 6.49. The summed E-state index contributed by atoms with van der Waals surface area (Å²) in [5, 5.41) is 16.9. The molecule has 10 heteroatoms. The van der Waals surface area contributed by atoms with Gasteiger partial charge in [0.05, 0.1) is 11.0 Å². The summed E-state index contributed by atoms with van der Waals surface area (Å²) in [6.45, 7) is 5.69. The number of carboxylic acids is 2. The van der Waals surface area contributed by atoms with Gasteiger partial charge in [0.25, 0.3) is 0 Å². The van der Waals surface area contributed by atoms with Crippen LogP contribution in [-0.2, 0) is 23.2 Å². The van der Waals surface area contributed by atoms with Gasteiger partial charge in [-0.2, -0.15) is 0 Å². The van der Waals surface area contributed by atoms with Crippen molar-refractivity contribution in [1.82, 2.24) is 18.6 Å². The SMILES string of the molecule is Cn1ccc2ccc(N3CCN(CCn4c(=O)n(C5=CCCCC5)c5ccccc54)CC3)cc21.O=C(O)/C=C/C(=O)O. The highest BCUT2D eigenvalue weighted by atomic mass is 16.4. The van der Waals surface area contributed by atoms with Crippen LogP contribution in [0.2, 0.25) is 0 Å². The van der Waals surface area contributed by atoms with E-state index in [0.29, 0.717) is 12.2 Å². The summed E-state index contributed by atoms with van der Waals surface area (Å²) < 4.78 is 6.14. The molecule has 2 aromatic carbocycles. The predicted octanol–water partition coefficient (Wildman–Crippen LogP) is 4.24. The van der Waals surface area contributed by atoms with Crippen molar-refractivity contribution in [1.29, 1.82) is 0 Å². The first-order chi connectivity index (χ1) is 20.3. The highest BCUT2D eigenvalue weighted by Gasteiger charge is 2.20. The molecule has 1 fully saturated rings. The van der Waals surface area contributed by atoms with Crippen LogP contribution in [0.5, 0.6) is 0 Å². The van der Waals surface area contributed by atoms with Crippen molar-refractivity contribution in [2.45, 2.75) is 32.2 Å². The maximum atomic E-state index is 13.5. The van der Waals surface area contributed by atoms with E-state index in [0.717, 1.165) is 63.1 Å². The summed E-state index contributed by atoms with van der Waals surface area (Å²) >= 11 is 0. The predicted molar refractivity (Wildman–Crippen MR) is 165 cm³/mol. The molecule has 220 valence electrons. The average Bonchev–Trinajstić information content (AvgIpc) is 3.51. The van der Waals surface area contributed by atoms with Gasteiger partial charge in [0.2, 0.25) is 0 Å². The quantitative estimate of drug-likeness (QED) is 0.319. The third-order valence-electron chi connectivity index (χ3n) is 8.01. The Kier molecular flexibility index (Phi) is 8.92. The van der Waals surface area contributed by atoms with Gasteiger partial charge in [-0.1, -0.05) is 24.3 Å². The number of carbonyl (C=O) groups is 2. The molecule has 0 saturated carbocycles. The van der Waals surface area contributed by atoms with E-state index < -0.39 is 11.9 Å². The van der Waals surface area contributed by atoms with Crippen molar-refractivity contribution < 1.29 is 19.8 Å². The number of rotatable bonds is 7. The van der Waals surface area contributed by atoms with Crippen LogP contribution in [-0.4, -0.2) is 73.5 Å². The van der Waals surface area contributed by atoms with Crippen LogP contribution in [0.4, 0.5) is 5.69 Å². The number of anilines is 1. The summed E-state index contributed by atoms with van der Waals surface area (Å²) in [6.07, 6.45) is 9.95. The lowest BCUT2D eigenvalue weighted by molar-refractivity contribution is -0.134. The molecule has 3 heterocycles. The standard InChI is InChI=1S/C28H33N5O.C4H4O4/c1-29-14-13-22-11-12-24(21-27(22)29)31-18-15-30(16-19-31)17-20-32-25-9-5-6-10-26(25)33(28(32)34)23-7-3-2-4-8-23;5-3(6)1-2-4(7)8/h5-7,9-14,21H,2-4,8,15-20H2,1H3;1-2H,(H,5,6)(H,7,8)/b;2-1+. The second kappa shape index (κ2) is 12.9. The molecule has 1 saturated heterocycles. The van der Waals surface area contributed by atoms with Crippen molar-refractivity contribution in [2.24, 2.45) is 7.05 Å². The van der Waals surface area contributed by atoms with Crippen LogP contribution < -0.4 is 10.6 Å². The molecule has 2 aromatic heterocycles. The van der Waals surface area contributed by atoms with Crippen LogP contribution in [0.25, 0.3) is 27.6 Å². The Bertz CT molecular complexity index is 1690. The Labute approximate surface area is 244 Å². The third-order valence-corrected chi connectivity index (χ3v) is 8.01. The molecule has 0 radical (unpaired) electrons. The first-order valence-electron chi connectivity index (χ1n) is 14.4. The van der Waals surface area contributed by atoms with Crippen molar-refractivity contribution in [2.75, 3.05) is 37.6 Å². The lowest BCUT2D eigenvalue weighted by Crippen LogP contribution is -2.47. The Morgan fingerprint density at radius 3 is 2.24 bits per heavy atom. The van der Waals surface area contributed by atoms with Crippen molar-refractivity contribution in [3.8, 4) is 0 Å². The molecule has 1 aliphatic heterocycles. The fourth-order valence-corrected chi connectivity index (χ4v) is 5.79. The van der Waals surface area contributed by atoms with E-state index in [-0.39, 0.29) is 5.69 Å². The minimum Gasteiger partial charge on any atom is -0.478 e. The largest absolute Gasteiger partial charge is 0.478 e. The van der Waals surface area contributed by atoms with Gasteiger partial charge in [-0.05, 0) is 61.4 Å². The van der Waals surface area contributed by atoms with Gasteiger partial charge in [0, 0.05) is 81.6 Å². The molecule has 2 N–H and O–H groups in total. The van der Waals surface area contributed by atoms with Crippen LogP contribution in [0, 0.1) is 0 Å². The van der Waals surface area contributed by atoms with E-state index >= 15 is 0 Å². The first kappa shape index (κ1) is 28.9. The number of hydrogen-bond donors (Lipinski definition) is 2. The number of carboxylic acid groups (broad SMARTS) is 2. The van der Waals surface area contributed by atoms with Crippen molar-refractivity contribution in [3.63, 3.8) is 0 Å². The molecule has 0 bridgehead atoms. The van der Waals surface area contributed by atoms with Gasteiger partial charge in [-0.25, -0.2) is 14.4 Å². The molecule has 2 aliphatic rings. The highest BCUT2D eigenvalue weighted by molar-refractivity contribution is 5.89. The summed E-state index contributed by atoms with van der Waals surface area (Å²) in [6, 6.07) is 17.2. The first-order valence-corrected chi connectivity index (χ1v) is 14.4. The molecule has 4 aromatic rings. The molecule has 42 heavy (non-hydrogen) atoms. The lowest BCUT2D eigenvalue weighted by Gasteiger charge is -2.36. The molecule has 1 aliphatic carbocycles. The Morgan fingerprint density at radius 2 is 1.57 bits per heavy atom. The zero-order valence-electron chi connectivity index (χ0n) is 23.9. The smallest absolute Gasteiger partial charge is 0.333 e. The summed E-state index contributed by atoms with van der Waals surface area (Å²) in [5.41, 5.74) is 5.96. The van der Waals surface area contributed by atoms with Crippen LogP contribution >= 0.6 is 0 Å². The number of aryl methyl sites for hydroxylation is 1. The van der Waals surface area contributed by atoms with Gasteiger partial charge >= 0.3 is 17.6 Å². The van der Waals surface area contributed by atoms with E-state index in [1.165, 1.54) is 35.1 Å². The van der Waals surface area contributed by atoms with Gasteiger partial charge < -0.3 is 19.7 Å². The second-order valence-electron chi connectivity index (χ2n) is 10.7. The van der Waals surface area contributed by atoms with Gasteiger partial charge in [0.15, 0.2) is 0 Å². The molecular weight excluding hydrogens is 534 g/mol. The van der Waals surface area contributed by atoms with Crippen LogP contribution in [0.3, 0.4) is 0 Å². The van der Waals surface area contributed by atoms with Crippen molar-refractivity contribution in [3.05, 3.63) is 83.4 Å². The summed E-state index contributed by atoms with van der Waals surface area (Å²) in [5.74, 6) is -2.51. The number of piperazine rings is 1. The monoisotopic (exact) mass is 571 g/mol. The zero-order valence-corrected chi connectivity index (χ0v) is 23.9. The van der Waals surface area contributed by atoms with Crippen LogP contribution in [0.15, 0.2) is 77.8 Å². The molecule has 0 atom stereocenters.